The summed E-state index contributed by atoms with van der Waals surface area (Å²) in [6.45, 7) is 2.63. The van der Waals surface area contributed by atoms with Crippen molar-refractivity contribution in [1.29, 1.82) is 0 Å². The molecule has 0 saturated heterocycles. The smallest absolute Gasteiger partial charge is 0.315 e. The van der Waals surface area contributed by atoms with Crippen LogP contribution in [0.2, 0.25) is 0 Å². The van der Waals surface area contributed by atoms with Crippen LogP contribution in [0.25, 0.3) is 0 Å². The first-order valence-corrected chi connectivity index (χ1v) is 8.20. The highest BCUT2D eigenvalue weighted by molar-refractivity contribution is 5.75. The zero-order chi connectivity index (χ0) is 17.5. The normalized spacial score (nSPS) is 13.0. The number of urea groups is 1. The highest BCUT2D eigenvalue weighted by Crippen LogP contribution is 2.21. The number of rotatable bonds is 6. The quantitative estimate of drug-likeness (QED) is 0.727. The minimum Gasteiger partial charge on any atom is -0.335 e. The van der Waals surface area contributed by atoms with Crippen molar-refractivity contribution in [1.82, 2.24) is 25.2 Å². The summed E-state index contributed by atoms with van der Waals surface area (Å²) in [4.78, 5) is 20.5. The monoisotopic (exact) mass is 335 g/mol. The van der Waals surface area contributed by atoms with Crippen LogP contribution in [0.5, 0.6) is 0 Å². The Kier molecular flexibility index (Phi) is 5.41. The number of nitrogens with one attached hydrogen (secondary N) is 2. The van der Waals surface area contributed by atoms with Crippen LogP contribution in [-0.4, -0.2) is 26.6 Å². The van der Waals surface area contributed by atoms with E-state index in [0.717, 1.165) is 11.1 Å². The molecule has 0 radical (unpaired) electrons. The molecule has 2 N–H and O–H groups in total. The summed E-state index contributed by atoms with van der Waals surface area (Å²) in [7, 11) is 0. The molecule has 6 heteroatoms. The lowest BCUT2D eigenvalue weighted by Crippen LogP contribution is -2.44. The molecule has 1 aromatic carbocycles. The molecule has 0 aliphatic heterocycles. The number of nitrogens with zero attached hydrogens (tertiary/aromatic N) is 3. The fraction of sp³-hybridized carbons (Fsp3) is 0.211. The van der Waals surface area contributed by atoms with Gasteiger partial charge in [-0.15, -0.1) is 0 Å². The van der Waals surface area contributed by atoms with Crippen molar-refractivity contribution in [2.75, 3.05) is 0 Å². The number of pyridine rings is 1. The van der Waals surface area contributed by atoms with Crippen molar-refractivity contribution in [3.05, 3.63) is 84.7 Å². The minimum atomic E-state index is -0.232. The lowest BCUT2D eigenvalue weighted by Gasteiger charge is -2.22. The van der Waals surface area contributed by atoms with Crippen molar-refractivity contribution < 1.29 is 4.79 Å². The number of carbonyl (C=O) groups is 1. The van der Waals surface area contributed by atoms with Crippen LogP contribution >= 0.6 is 0 Å². The Hall–Kier alpha value is -3.15. The van der Waals surface area contributed by atoms with Gasteiger partial charge in [-0.1, -0.05) is 30.3 Å². The average Bonchev–Trinajstić information content (AvgIpc) is 3.14. The van der Waals surface area contributed by atoms with Crippen molar-refractivity contribution >= 4 is 6.03 Å². The molecule has 2 atom stereocenters. The molecule has 0 saturated carbocycles. The van der Waals surface area contributed by atoms with Crippen molar-refractivity contribution in [2.24, 2.45) is 0 Å². The van der Waals surface area contributed by atoms with E-state index in [1.807, 2.05) is 60.2 Å². The van der Waals surface area contributed by atoms with Crippen LogP contribution in [0.4, 0.5) is 4.79 Å². The molecule has 6 nitrogen and oxygen atoms in total. The van der Waals surface area contributed by atoms with Gasteiger partial charge in [-0.05, 0) is 30.2 Å². The molecule has 2 heterocycles. The molecule has 0 fully saturated rings. The fourth-order valence-corrected chi connectivity index (χ4v) is 2.71. The maximum Gasteiger partial charge on any atom is 0.315 e. The first-order valence-electron chi connectivity index (χ1n) is 8.20. The Labute approximate surface area is 146 Å². The van der Waals surface area contributed by atoms with Crippen LogP contribution in [0.3, 0.4) is 0 Å². The Balaban J connectivity index is 1.68. The summed E-state index contributed by atoms with van der Waals surface area (Å²) in [5.41, 5.74) is 2.00. The molecule has 0 aliphatic rings. The molecule has 128 valence electrons. The first kappa shape index (κ1) is 16.7. The van der Waals surface area contributed by atoms with E-state index in [2.05, 4.69) is 20.6 Å². The topological polar surface area (TPSA) is 71.8 Å². The molecule has 25 heavy (non-hydrogen) atoms. The Morgan fingerprint density at radius 3 is 2.40 bits per heavy atom. The molecule has 3 aromatic rings. The van der Waals surface area contributed by atoms with Gasteiger partial charge in [-0.25, -0.2) is 9.78 Å². The van der Waals surface area contributed by atoms with Crippen LogP contribution in [0.15, 0.2) is 73.6 Å². The molecule has 0 spiro atoms. The lowest BCUT2D eigenvalue weighted by molar-refractivity contribution is 0.234. The number of amides is 2. The summed E-state index contributed by atoms with van der Waals surface area (Å²) in [6, 6.07) is 13.2. The average molecular weight is 335 g/mol. The second-order valence-electron chi connectivity index (χ2n) is 5.90. The van der Waals surface area contributed by atoms with Gasteiger partial charge in [-0.2, -0.15) is 0 Å². The number of benzene rings is 1. The van der Waals surface area contributed by atoms with Crippen LogP contribution in [0.1, 0.15) is 24.1 Å². The van der Waals surface area contributed by atoms with Gasteiger partial charge in [0.05, 0.1) is 12.4 Å². The van der Waals surface area contributed by atoms with E-state index in [0.29, 0.717) is 6.54 Å². The minimum absolute atomic E-state index is 0.0249. The van der Waals surface area contributed by atoms with Gasteiger partial charge >= 0.3 is 6.03 Å². The standard InChI is InChI=1S/C19H21N5O/c1-15(13-24-12-11-21-14-24)22-19(25)23-18(16-5-3-2-4-6-16)17-7-9-20-10-8-17/h2-12,14-15,18H,13H2,1H3,(H2,22,23,25)/t15-,18+/m0/s1. The predicted molar refractivity (Wildman–Crippen MR) is 95.9 cm³/mol. The Morgan fingerprint density at radius 1 is 1.00 bits per heavy atom. The third-order valence-corrected chi connectivity index (χ3v) is 3.87. The van der Waals surface area contributed by atoms with Gasteiger partial charge in [-0.3, -0.25) is 4.98 Å². The lowest BCUT2D eigenvalue weighted by atomic mass is 10.00. The van der Waals surface area contributed by atoms with Crippen LogP contribution in [0, 0.1) is 0 Å². The molecular formula is C19H21N5O. The second kappa shape index (κ2) is 8.10. The molecule has 2 amide bonds. The highest BCUT2D eigenvalue weighted by Gasteiger charge is 2.17. The number of aromatic nitrogens is 3. The Bertz CT molecular complexity index is 735. The first-order chi connectivity index (χ1) is 12.2. The zero-order valence-corrected chi connectivity index (χ0v) is 14.0. The van der Waals surface area contributed by atoms with Gasteiger partial charge in [0.1, 0.15) is 0 Å². The molecule has 0 aliphatic carbocycles. The van der Waals surface area contributed by atoms with E-state index < -0.39 is 0 Å². The van der Waals surface area contributed by atoms with Gasteiger partial charge < -0.3 is 15.2 Å². The largest absolute Gasteiger partial charge is 0.335 e. The van der Waals surface area contributed by atoms with E-state index in [9.17, 15) is 4.79 Å². The van der Waals surface area contributed by atoms with E-state index in [-0.39, 0.29) is 18.1 Å². The van der Waals surface area contributed by atoms with Crippen molar-refractivity contribution in [2.45, 2.75) is 25.6 Å². The van der Waals surface area contributed by atoms with Gasteiger partial charge in [0.2, 0.25) is 0 Å². The number of hydrogen-bond donors (Lipinski definition) is 2. The van der Waals surface area contributed by atoms with Gasteiger partial charge in [0.15, 0.2) is 0 Å². The summed E-state index contributed by atoms with van der Waals surface area (Å²) < 4.78 is 1.93. The molecule has 3 rings (SSSR count). The highest BCUT2D eigenvalue weighted by atomic mass is 16.2. The van der Waals surface area contributed by atoms with Gasteiger partial charge in [0.25, 0.3) is 0 Å². The Morgan fingerprint density at radius 2 is 1.72 bits per heavy atom. The van der Waals surface area contributed by atoms with Crippen LogP contribution < -0.4 is 10.6 Å². The summed E-state index contributed by atoms with van der Waals surface area (Å²) >= 11 is 0. The number of hydrogen-bond acceptors (Lipinski definition) is 3. The fourth-order valence-electron chi connectivity index (χ4n) is 2.71. The summed E-state index contributed by atoms with van der Waals surface area (Å²) in [6.07, 6.45) is 8.79. The second-order valence-corrected chi connectivity index (χ2v) is 5.90. The van der Waals surface area contributed by atoms with Gasteiger partial charge in [0, 0.05) is 37.4 Å². The third-order valence-electron chi connectivity index (χ3n) is 3.87. The van der Waals surface area contributed by atoms with E-state index in [1.54, 1.807) is 24.9 Å². The SMILES string of the molecule is C[C@@H](Cn1ccnc1)NC(=O)N[C@H](c1ccccc1)c1ccncc1. The predicted octanol–water partition coefficient (Wildman–Crippen LogP) is 2.76. The maximum absolute atomic E-state index is 12.5. The number of carbonyl (C=O) groups excluding carboxylic acids is 1. The molecule has 0 bridgehead atoms. The summed E-state index contributed by atoms with van der Waals surface area (Å²) in [5, 5.41) is 6.03. The van der Waals surface area contributed by atoms with Crippen molar-refractivity contribution in [3.8, 4) is 0 Å². The zero-order valence-electron chi connectivity index (χ0n) is 14.0. The van der Waals surface area contributed by atoms with Crippen LogP contribution in [-0.2, 0) is 6.54 Å². The maximum atomic E-state index is 12.5. The molecule has 0 unspecified atom stereocenters. The number of imidazole rings is 1. The van der Waals surface area contributed by atoms with Crippen molar-refractivity contribution in [3.63, 3.8) is 0 Å². The molecule has 2 aromatic heterocycles. The van der Waals surface area contributed by atoms with E-state index in [4.69, 9.17) is 0 Å². The van der Waals surface area contributed by atoms with E-state index in [1.165, 1.54) is 0 Å². The van der Waals surface area contributed by atoms with E-state index >= 15 is 0 Å². The third kappa shape index (κ3) is 4.67. The molecular weight excluding hydrogens is 314 g/mol. The summed E-state index contributed by atoms with van der Waals surface area (Å²) in [5.74, 6) is 0.